The largest absolute Gasteiger partial charge is 0.490 e. The van der Waals surface area contributed by atoms with E-state index in [2.05, 4.69) is 25.8 Å². The summed E-state index contributed by atoms with van der Waals surface area (Å²) in [5, 5.41) is 0. The Labute approximate surface area is 116 Å². The number of hydrogen-bond acceptors (Lipinski definition) is 3. The molecule has 0 aliphatic heterocycles. The van der Waals surface area contributed by atoms with Gasteiger partial charge in [-0.15, -0.1) is 0 Å². The molecule has 1 aliphatic carbocycles. The van der Waals surface area contributed by atoms with Crippen molar-refractivity contribution in [3.63, 3.8) is 0 Å². The van der Waals surface area contributed by atoms with E-state index in [0.717, 1.165) is 23.7 Å². The highest BCUT2D eigenvalue weighted by Gasteiger charge is 2.32. The predicted molar refractivity (Wildman–Crippen MR) is 77.9 cm³/mol. The summed E-state index contributed by atoms with van der Waals surface area (Å²) in [6.45, 7) is 7.40. The smallest absolute Gasteiger partial charge is 0.127 e. The molecule has 106 valence electrons. The molecule has 19 heavy (non-hydrogen) atoms. The quantitative estimate of drug-likeness (QED) is 0.905. The maximum absolute atomic E-state index is 6.30. The number of nitrogens with two attached hydrogens (primary N) is 1. The molecular formula is C16H26N2O. The third-order valence-corrected chi connectivity index (χ3v) is 4.32. The first-order chi connectivity index (χ1) is 9.11. The monoisotopic (exact) mass is 262 g/mol. The first-order valence-electron chi connectivity index (χ1n) is 7.41. The fraction of sp³-hybridized carbons (Fsp3) is 0.688. The summed E-state index contributed by atoms with van der Waals surface area (Å²) in [5.41, 5.74) is 6.76. The fourth-order valence-corrected chi connectivity index (χ4v) is 3.10. The van der Waals surface area contributed by atoms with E-state index >= 15 is 0 Å². The zero-order chi connectivity index (χ0) is 13.8. The van der Waals surface area contributed by atoms with Crippen molar-refractivity contribution in [3.8, 4) is 5.75 Å². The molecule has 1 heterocycles. The van der Waals surface area contributed by atoms with E-state index in [0.29, 0.717) is 24.5 Å². The van der Waals surface area contributed by atoms with Crippen LogP contribution >= 0.6 is 0 Å². The average Bonchev–Trinajstić information content (AvgIpc) is 2.39. The van der Waals surface area contributed by atoms with Crippen LogP contribution in [-0.4, -0.2) is 11.1 Å². The Morgan fingerprint density at radius 1 is 1.42 bits per heavy atom. The van der Waals surface area contributed by atoms with E-state index < -0.39 is 0 Å². The van der Waals surface area contributed by atoms with Crippen LogP contribution in [0.5, 0.6) is 5.75 Å². The zero-order valence-corrected chi connectivity index (χ0v) is 12.3. The maximum atomic E-state index is 6.30. The van der Waals surface area contributed by atoms with Crippen LogP contribution in [0.25, 0.3) is 0 Å². The van der Waals surface area contributed by atoms with Crippen molar-refractivity contribution in [2.75, 3.05) is 0 Å². The van der Waals surface area contributed by atoms with Gasteiger partial charge in [-0.3, -0.25) is 4.98 Å². The molecule has 3 atom stereocenters. The molecule has 0 aromatic carbocycles. The third-order valence-electron chi connectivity index (χ3n) is 4.32. The second-order valence-corrected chi connectivity index (χ2v) is 6.17. The van der Waals surface area contributed by atoms with Gasteiger partial charge in [0.25, 0.3) is 0 Å². The minimum atomic E-state index is 0.316. The number of hydrogen-bond donors (Lipinski definition) is 1. The van der Waals surface area contributed by atoms with E-state index in [1.807, 2.05) is 12.3 Å². The van der Waals surface area contributed by atoms with Crippen LogP contribution in [0.1, 0.15) is 45.6 Å². The van der Waals surface area contributed by atoms with Crippen LogP contribution in [-0.2, 0) is 6.54 Å². The second kappa shape index (κ2) is 6.38. The molecule has 1 aromatic rings. The normalized spacial score (nSPS) is 27.5. The number of rotatable bonds is 4. The number of pyridine rings is 1. The lowest BCUT2D eigenvalue weighted by Crippen LogP contribution is -2.36. The summed E-state index contributed by atoms with van der Waals surface area (Å²) in [6.07, 6.45) is 7.65. The van der Waals surface area contributed by atoms with Crippen LogP contribution in [0.3, 0.4) is 0 Å². The van der Waals surface area contributed by atoms with Gasteiger partial charge in [0.2, 0.25) is 0 Å². The maximum Gasteiger partial charge on any atom is 0.127 e. The Kier molecular flexibility index (Phi) is 4.81. The van der Waals surface area contributed by atoms with Crippen LogP contribution in [0.15, 0.2) is 18.5 Å². The summed E-state index contributed by atoms with van der Waals surface area (Å²) in [4.78, 5) is 4.12. The van der Waals surface area contributed by atoms with Crippen molar-refractivity contribution in [2.45, 2.75) is 52.7 Å². The van der Waals surface area contributed by atoms with E-state index in [4.69, 9.17) is 10.5 Å². The van der Waals surface area contributed by atoms with Crippen molar-refractivity contribution in [1.82, 2.24) is 4.98 Å². The van der Waals surface area contributed by atoms with Crippen LogP contribution in [0.2, 0.25) is 0 Å². The van der Waals surface area contributed by atoms with Gasteiger partial charge in [-0.1, -0.05) is 27.2 Å². The molecule has 0 amide bonds. The summed E-state index contributed by atoms with van der Waals surface area (Å²) in [5.74, 6) is 2.99. The molecule has 3 nitrogen and oxygen atoms in total. The Balaban J connectivity index is 2.14. The third kappa shape index (κ3) is 3.47. The Morgan fingerprint density at radius 2 is 2.21 bits per heavy atom. The molecule has 1 aliphatic rings. The van der Waals surface area contributed by atoms with Crippen molar-refractivity contribution < 1.29 is 4.74 Å². The Morgan fingerprint density at radius 3 is 2.89 bits per heavy atom. The first kappa shape index (κ1) is 14.3. The summed E-state index contributed by atoms with van der Waals surface area (Å²) < 4.78 is 6.30. The first-order valence-corrected chi connectivity index (χ1v) is 7.41. The number of nitrogens with zero attached hydrogens (tertiary/aromatic N) is 1. The van der Waals surface area contributed by atoms with Crippen LogP contribution in [0, 0.1) is 17.8 Å². The molecule has 1 saturated carbocycles. The molecular weight excluding hydrogens is 236 g/mol. The molecule has 1 aromatic heterocycles. The van der Waals surface area contributed by atoms with Gasteiger partial charge in [-0.25, -0.2) is 0 Å². The zero-order valence-electron chi connectivity index (χ0n) is 12.3. The van der Waals surface area contributed by atoms with E-state index in [1.54, 1.807) is 6.20 Å². The van der Waals surface area contributed by atoms with Crippen molar-refractivity contribution >= 4 is 0 Å². The van der Waals surface area contributed by atoms with Gasteiger partial charge in [0.1, 0.15) is 11.9 Å². The van der Waals surface area contributed by atoms with Gasteiger partial charge >= 0.3 is 0 Å². The van der Waals surface area contributed by atoms with Gasteiger partial charge in [-0.05, 0) is 36.7 Å². The van der Waals surface area contributed by atoms with Gasteiger partial charge in [0, 0.05) is 24.5 Å². The SMILES string of the molecule is CC1CCC(C(C)C)C(Oc2ccncc2CN)C1. The number of aromatic nitrogens is 1. The topological polar surface area (TPSA) is 48.1 Å². The van der Waals surface area contributed by atoms with Crippen molar-refractivity contribution in [3.05, 3.63) is 24.0 Å². The molecule has 3 unspecified atom stereocenters. The second-order valence-electron chi connectivity index (χ2n) is 6.17. The summed E-state index contributed by atoms with van der Waals surface area (Å²) in [6, 6.07) is 1.94. The Bertz CT molecular complexity index is 405. The van der Waals surface area contributed by atoms with Gasteiger partial charge in [-0.2, -0.15) is 0 Å². The number of ether oxygens (including phenoxy) is 1. The van der Waals surface area contributed by atoms with E-state index in [-0.39, 0.29) is 0 Å². The molecule has 0 spiro atoms. The molecule has 0 saturated heterocycles. The average molecular weight is 262 g/mol. The standard InChI is InChI=1S/C16H26N2O/c1-11(2)14-5-4-12(3)8-16(14)19-15-6-7-18-10-13(15)9-17/h6-7,10-12,14,16H,4-5,8-9,17H2,1-3H3. The molecule has 3 heteroatoms. The van der Waals surface area contributed by atoms with Crippen LogP contribution in [0.4, 0.5) is 0 Å². The molecule has 2 N–H and O–H groups in total. The lowest BCUT2D eigenvalue weighted by Gasteiger charge is -2.37. The molecule has 0 radical (unpaired) electrons. The highest BCUT2D eigenvalue weighted by atomic mass is 16.5. The molecule has 1 fully saturated rings. The fourth-order valence-electron chi connectivity index (χ4n) is 3.10. The van der Waals surface area contributed by atoms with E-state index in [1.165, 1.54) is 12.8 Å². The lowest BCUT2D eigenvalue weighted by atomic mass is 9.75. The highest BCUT2D eigenvalue weighted by molar-refractivity contribution is 5.30. The minimum absolute atomic E-state index is 0.316. The van der Waals surface area contributed by atoms with Crippen molar-refractivity contribution in [1.29, 1.82) is 0 Å². The van der Waals surface area contributed by atoms with E-state index in [9.17, 15) is 0 Å². The van der Waals surface area contributed by atoms with Gasteiger partial charge < -0.3 is 10.5 Å². The van der Waals surface area contributed by atoms with Crippen molar-refractivity contribution in [2.24, 2.45) is 23.5 Å². The van der Waals surface area contributed by atoms with Gasteiger partial charge in [0.05, 0.1) is 0 Å². The molecule has 0 bridgehead atoms. The molecule has 2 rings (SSSR count). The Hall–Kier alpha value is -1.09. The minimum Gasteiger partial charge on any atom is -0.490 e. The predicted octanol–water partition coefficient (Wildman–Crippen LogP) is 3.38. The summed E-state index contributed by atoms with van der Waals surface area (Å²) >= 11 is 0. The highest BCUT2D eigenvalue weighted by Crippen LogP contribution is 2.36. The van der Waals surface area contributed by atoms with Crippen LogP contribution < -0.4 is 10.5 Å². The van der Waals surface area contributed by atoms with Gasteiger partial charge in [0.15, 0.2) is 0 Å². The summed E-state index contributed by atoms with van der Waals surface area (Å²) in [7, 11) is 0. The lowest BCUT2D eigenvalue weighted by molar-refractivity contribution is 0.0452.